The fourth-order valence-corrected chi connectivity index (χ4v) is 2.35. The molecule has 0 spiro atoms. The van der Waals surface area contributed by atoms with E-state index in [1.807, 2.05) is 31.2 Å². The van der Waals surface area contributed by atoms with E-state index < -0.39 is 0 Å². The van der Waals surface area contributed by atoms with Gasteiger partial charge in [-0.3, -0.25) is 4.79 Å². The molecule has 0 radical (unpaired) electrons. The van der Waals surface area contributed by atoms with Gasteiger partial charge in [-0.2, -0.15) is 0 Å². The molecule has 0 bridgehead atoms. The summed E-state index contributed by atoms with van der Waals surface area (Å²) >= 11 is 5.99. The summed E-state index contributed by atoms with van der Waals surface area (Å²) in [7, 11) is 0. The van der Waals surface area contributed by atoms with E-state index in [-0.39, 0.29) is 18.0 Å². The van der Waals surface area contributed by atoms with Crippen LogP contribution in [0.1, 0.15) is 24.9 Å². The van der Waals surface area contributed by atoms with Crippen LogP contribution in [0.5, 0.6) is 0 Å². The highest BCUT2D eigenvalue weighted by Crippen LogP contribution is 2.20. The normalized spacial score (nSPS) is 20.8. The second-order valence-corrected chi connectivity index (χ2v) is 5.04. The van der Waals surface area contributed by atoms with Gasteiger partial charge in [-0.05, 0) is 24.1 Å². The fraction of sp³-hybridized carbons (Fsp3) is 0.500. The second-order valence-electron chi connectivity index (χ2n) is 4.61. The second kappa shape index (κ2) is 6.89. The maximum absolute atomic E-state index is 12.1. The number of halogens is 1. The number of rotatable bonds is 4. The quantitative estimate of drug-likeness (QED) is 0.887. The third-order valence-corrected chi connectivity index (χ3v) is 3.45. The highest BCUT2D eigenvalue weighted by molar-refractivity contribution is 6.30. The predicted octanol–water partition coefficient (Wildman–Crippen LogP) is 1.90. The smallest absolute Gasteiger partial charge is 0.240 e. The van der Waals surface area contributed by atoms with Crippen molar-refractivity contribution < 1.29 is 9.53 Å². The van der Waals surface area contributed by atoms with Crippen LogP contribution in [0.25, 0.3) is 0 Å². The molecule has 2 unspecified atom stereocenters. The van der Waals surface area contributed by atoms with E-state index in [1.54, 1.807) is 0 Å². The van der Waals surface area contributed by atoms with E-state index in [2.05, 4.69) is 10.6 Å². The summed E-state index contributed by atoms with van der Waals surface area (Å²) in [6.45, 7) is 3.84. The van der Waals surface area contributed by atoms with Crippen molar-refractivity contribution in [2.24, 2.45) is 0 Å². The molecule has 2 rings (SSSR count). The van der Waals surface area contributed by atoms with Gasteiger partial charge in [0.2, 0.25) is 5.91 Å². The maximum atomic E-state index is 12.1. The molecule has 1 fully saturated rings. The number of carbonyl (C=O) groups is 1. The van der Waals surface area contributed by atoms with Crippen molar-refractivity contribution in [1.82, 2.24) is 10.6 Å². The molecule has 1 aliphatic heterocycles. The third kappa shape index (κ3) is 3.93. The molecule has 1 saturated heterocycles. The average molecular weight is 283 g/mol. The van der Waals surface area contributed by atoms with E-state index in [4.69, 9.17) is 16.3 Å². The van der Waals surface area contributed by atoms with E-state index in [9.17, 15) is 4.79 Å². The molecule has 19 heavy (non-hydrogen) atoms. The lowest BCUT2D eigenvalue weighted by molar-refractivity contribution is -0.126. The van der Waals surface area contributed by atoms with Gasteiger partial charge in [0.05, 0.1) is 19.3 Å². The molecule has 5 heteroatoms. The molecular formula is C14H19ClN2O2. The van der Waals surface area contributed by atoms with Crippen molar-refractivity contribution in [3.8, 4) is 0 Å². The number of amides is 1. The van der Waals surface area contributed by atoms with Gasteiger partial charge in [-0.1, -0.05) is 30.7 Å². The molecule has 0 aromatic heterocycles. The number of hydrogen-bond donors (Lipinski definition) is 2. The zero-order valence-corrected chi connectivity index (χ0v) is 11.7. The van der Waals surface area contributed by atoms with Gasteiger partial charge in [0.1, 0.15) is 6.04 Å². The van der Waals surface area contributed by atoms with Gasteiger partial charge in [0.15, 0.2) is 0 Å². The Hall–Kier alpha value is -1.10. The van der Waals surface area contributed by atoms with Gasteiger partial charge < -0.3 is 15.4 Å². The Kier molecular flexibility index (Phi) is 5.19. The zero-order chi connectivity index (χ0) is 13.7. The Labute approximate surface area is 118 Å². The van der Waals surface area contributed by atoms with Crippen molar-refractivity contribution in [3.63, 3.8) is 0 Å². The van der Waals surface area contributed by atoms with E-state index in [0.29, 0.717) is 24.8 Å². The first-order valence-electron chi connectivity index (χ1n) is 6.57. The lowest BCUT2D eigenvalue weighted by Crippen LogP contribution is -2.51. The van der Waals surface area contributed by atoms with Gasteiger partial charge in [-0.25, -0.2) is 0 Å². The molecule has 0 aliphatic carbocycles. The summed E-state index contributed by atoms with van der Waals surface area (Å²) in [6.07, 6.45) is 0.819. The monoisotopic (exact) mass is 282 g/mol. The van der Waals surface area contributed by atoms with Gasteiger partial charge in [0.25, 0.3) is 0 Å². The Morgan fingerprint density at radius 1 is 1.63 bits per heavy atom. The molecule has 1 amide bonds. The highest BCUT2D eigenvalue weighted by Gasteiger charge is 2.23. The number of morpholine rings is 1. The molecule has 2 atom stereocenters. The molecular weight excluding hydrogens is 264 g/mol. The molecule has 1 aromatic carbocycles. The molecule has 104 valence electrons. The SMILES string of the molecule is CCC(NC(=O)C1COCCN1)c1cccc(Cl)c1. The largest absolute Gasteiger partial charge is 0.378 e. The zero-order valence-electron chi connectivity index (χ0n) is 11.0. The molecule has 0 saturated carbocycles. The summed E-state index contributed by atoms with van der Waals surface area (Å²) < 4.78 is 5.30. The first-order valence-corrected chi connectivity index (χ1v) is 6.95. The Morgan fingerprint density at radius 3 is 3.11 bits per heavy atom. The van der Waals surface area contributed by atoms with Crippen LogP contribution in [0.4, 0.5) is 0 Å². The lowest BCUT2D eigenvalue weighted by atomic mass is 10.0. The van der Waals surface area contributed by atoms with Gasteiger partial charge >= 0.3 is 0 Å². The predicted molar refractivity (Wildman–Crippen MR) is 75.2 cm³/mol. The third-order valence-electron chi connectivity index (χ3n) is 3.21. The first kappa shape index (κ1) is 14.3. The minimum absolute atomic E-state index is 0.0186. The Morgan fingerprint density at radius 2 is 2.47 bits per heavy atom. The molecule has 4 nitrogen and oxygen atoms in total. The maximum Gasteiger partial charge on any atom is 0.240 e. The van der Waals surface area contributed by atoms with Crippen LogP contribution >= 0.6 is 11.6 Å². The number of nitrogens with one attached hydrogen (secondary N) is 2. The fourth-order valence-electron chi connectivity index (χ4n) is 2.15. The lowest BCUT2D eigenvalue weighted by Gasteiger charge is -2.26. The summed E-state index contributed by atoms with van der Waals surface area (Å²) in [5, 5.41) is 6.87. The van der Waals surface area contributed by atoms with Crippen molar-refractivity contribution in [3.05, 3.63) is 34.9 Å². The number of hydrogen-bond acceptors (Lipinski definition) is 3. The number of benzene rings is 1. The van der Waals surface area contributed by atoms with Crippen LogP contribution in [0.15, 0.2) is 24.3 Å². The highest BCUT2D eigenvalue weighted by atomic mass is 35.5. The number of carbonyl (C=O) groups excluding carboxylic acids is 1. The molecule has 1 heterocycles. The Bertz CT molecular complexity index is 433. The van der Waals surface area contributed by atoms with Crippen LogP contribution in [0, 0.1) is 0 Å². The van der Waals surface area contributed by atoms with Crippen molar-refractivity contribution in [2.45, 2.75) is 25.4 Å². The van der Waals surface area contributed by atoms with Crippen molar-refractivity contribution in [2.75, 3.05) is 19.8 Å². The van der Waals surface area contributed by atoms with Gasteiger partial charge in [0, 0.05) is 11.6 Å². The molecule has 1 aromatic rings. The van der Waals surface area contributed by atoms with E-state index in [0.717, 1.165) is 12.0 Å². The van der Waals surface area contributed by atoms with Gasteiger partial charge in [-0.15, -0.1) is 0 Å². The van der Waals surface area contributed by atoms with Crippen molar-refractivity contribution >= 4 is 17.5 Å². The summed E-state index contributed by atoms with van der Waals surface area (Å²) in [4.78, 5) is 12.1. The van der Waals surface area contributed by atoms with Crippen LogP contribution < -0.4 is 10.6 Å². The van der Waals surface area contributed by atoms with Crippen molar-refractivity contribution in [1.29, 1.82) is 0 Å². The first-order chi connectivity index (χ1) is 9.20. The standard InChI is InChI=1S/C14H19ClN2O2/c1-2-12(10-4-3-5-11(15)8-10)17-14(18)13-9-19-7-6-16-13/h3-5,8,12-13,16H,2,6-7,9H2,1H3,(H,17,18). The van der Waals surface area contributed by atoms with E-state index in [1.165, 1.54) is 0 Å². The minimum Gasteiger partial charge on any atom is -0.378 e. The van der Waals surface area contributed by atoms with Crippen LogP contribution in [-0.4, -0.2) is 31.7 Å². The van der Waals surface area contributed by atoms with Crippen LogP contribution in [-0.2, 0) is 9.53 Å². The van der Waals surface area contributed by atoms with E-state index >= 15 is 0 Å². The summed E-state index contributed by atoms with van der Waals surface area (Å²) in [6, 6.07) is 7.31. The number of ether oxygens (including phenoxy) is 1. The molecule has 2 N–H and O–H groups in total. The Balaban J connectivity index is 2.00. The topological polar surface area (TPSA) is 50.4 Å². The van der Waals surface area contributed by atoms with Crippen LogP contribution in [0.2, 0.25) is 5.02 Å². The summed E-state index contributed by atoms with van der Waals surface area (Å²) in [5.74, 6) is -0.0217. The molecule has 1 aliphatic rings. The minimum atomic E-state index is -0.262. The van der Waals surface area contributed by atoms with Crippen LogP contribution in [0.3, 0.4) is 0 Å². The summed E-state index contributed by atoms with van der Waals surface area (Å²) in [5.41, 5.74) is 1.03. The average Bonchev–Trinajstić information content (AvgIpc) is 2.45.